The molecule has 1 N–H and O–H groups in total. The van der Waals surface area contributed by atoms with Gasteiger partial charge in [-0.2, -0.15) is 0 Å². The van der Waals surface area contributed by atoms with Gasteiger partial charge >= 0.3 is 6.03 Å². The topological polar surface area (TPSA) is 54.5 Å². The van der Waals surface area contributed by atoms with Gasteiger partial charge in [-0.05, 0) is 30.3 Å². The normalized spacial score (nSPS) is 16.7. The summed E-state index contributed by atoms with van der Waals surface area (Å²) in [6, 6.07) is 16.8. The molecule has 0 radical (unpaired) electrons. The van der Waals surface area contributed by atoms with Crippen LogP contribution in [0.15, 0.2) is 60.8 Å². The predicted octanol–water partition coefficient (Wildman–Crippen LogP) is 4.57. The number of fused-ring (bicyclic) bond motifs is 1. The Morgan fingerprint density at radius 2 is 2.04 bits per heavy atom. The number of aromatic nitrogens is 1. The molecule has 26 heavy (non-hydrogen) atoms. The maximum atomic E-state index is 12.4. The lowest BCUT2D eigenvalue weighted by Gasteiger charge is -2.18. The van der Waals surface area contributed by atoms with Crippen LogP contribution in [-0.4, -0.2) is 35.1 Å². The molecule has 0 saturated carbocycles. The van der Waals surface area contributed by atoms with Crippen molar-refractivity contribution in [3.63, 3.8) is 0 Å². The lowest BCUT2D eigenvalue weighted by molar-refractivity contribution is 0.196. The Morgan fingerprint density at radius 3 is 2.92 bits per heavy atom. The first-order chi connectivity index (χ1) is 12.7. The van der Waals surface area contributed by atoms with Gasteiger partial charge in [0.25, 0.3) is 0 Å². The monoisotopic (exact) mass is 367 g/mol. The molecular formula is C20H18ClN3O2. The summed E-state index contributed by atoms with van der Waals surface area (Å²) in [6.45, 7) is 1.19. The summed E-state index contributed by atoms with van der Waals surface area (Å²) in [6.07, 6.45) is 2.49. The van der Waals surface area contributed by atoms with Gasteiger partial charge in [0.1, 0.15) is 17.4 Å². The molecule has 4 rings (SSSR count). The number of urea groups is 1. The number of carbonyl (C=O) groups is 1. The van der Waals surface area contributed by atoms with Gasteiger partial charge in [0.15, 0.2) is 0 Å². The minimum atomic E-state index is -0.144. The van der Waals surface area contributed by atoms with Crippen molar-refractivity contribution in [2.45, 2.75) is 12.5 Å². The maximum Gasteiger partial charge on any atom is 0.321 e. The molecule has 2 heterocycles. The highest BCUT2D eigenvalue weighted by Crippen LogP contribution is 2.26. The average molecular weight is 368 g/mol. The smallest absolute Gasteiger partial charge is 0.321 e. The van der Waals surface area contributed by atoms with Crippen LogP contribution < -0.4 is 10.1 Å². The fraction of sp³-hybridized carbons (Fsp3) is 0.200. The summed E-state index contributed by atoms with van der Waals surface area (Å²) in [5, 5.41) is 4.51. The second kappa shape index (κ2) is 7.22. The number of para-hydroxylation sites is 1. The van der Waals surface area contributed by atoms with Crippen molar-refractivity contribution in [3.05, 3.63) is 65.8 Å². The number of ether oxygens (including phenoxy) is 1. The number of carbonyl (C=O) groups excluding carboxylic acids is 1. The zero-order valence-corrected chi connectivity index (χ0v) is 14.8. The number of nitrogens with one attached hydrogen (secondary N) is 1. The first-order valence-electron chi connectivity index (χ1n) is 8.51. The number of halogens is 1. The highest BCUT2D eigenvalue weighted by Gasteiger charge is 2.28. The summed E-state index contributed by atoms with van der Waals surface area (Å²) in [5.41, 5.74) is 1.53. The molecule has 1 aliphatic rings. The molecule has 2 amide bonds. The Balaban J connectivity index is 1.41. The SMILES string of the molecule is O=C(Nc1cccc(Cl)c1)N1CCC(Oc2cccc3cccnc23)C1. The molecule has 5 nitrogen and oxygen atoms in total. The average Bonchev–Trinajstić information content (AvgIpc) is 3.11. The van der Waals surface area contributed by atoms with Crippen LogP contribution in [-0.2, 0) is 0 Å². The number of hydrogen-bond acceptors (Lipinski definition) is 3. The van der Waals surface area contributed by atoms with Gasteiger partial charge in [-0.25, -0.2) is 4.79 Å². The van der Waals surface area contributed by atoms with Gasteiger partial charge in [-0.3, -0.25) is 4.98 Å². The molecule has 0 spiro atoms. The minimum Gasteiger partial charge on any atom is -0.486 e. The third-order valence-electron chi connectivity index (χ3n) is 4.40. The van der Waals surface area contributed by atoms with E-state index < -0.39 is 0 Å². The van der Waals surface area contributed by atoms with Crippen molar-refractivity contribution in [3.8, 4) is 5.75 Å². The van der Waals surface area contributed by atoms with E-state index in [2.05, 4.69) is 10.3 Å². The Bertz CT molecular complexity index is 942. The highest BCUT2D eigenvalue weighted by molar-refractivity contribution is 6.30. The third-order valence-corrected chi connectivity index (χ3v) is 4.63. The molecule has 132 valence electrons. The highest BCUT2D eigenvalue weighted by atomic mass is 35.5. The molecule has 0 aliphatic carbocycles. The maximum absolute atomic E-state index is 12.4. The molecule has 2 aromatic carbocycles. The lowest BCUT2D eigenvalue weighted by atomic mass is 10.2. The minimum absolute atomic E-state index is 0.0484. The number of anilines is 1. The van der Waals surface area contributed by atoms with Gasteiger partial charge in [-0.15, -0.1) is 0 Å². The molecule has 1 aromatic heterocycles. The summed E-state index contributed by atoms with van der Waals surface area (Å²) in [5.74, 6) is 0.755. The standard InChI is InChI=1S/C20H18ClN3O2/c21-15-6-2-7-16(12-15)23-20(25)24-11-9-17(13-24)26-18-8-1-4-14-5-3-10-22-19(14)18/h1-8,10,12,17H,9,11,13H2,(H,23,25). The Hall–Kier alpha value is -2.79. The molecule has 1 fully saturated rings. The van der Waals surface area contributed by atoms with E-state index >= 15 is 0 Å². The van der Waals surface area contributed by atoms with E-state index in [4.69, 9.17) is 16.3 Å². The number of amides is 2. The Labute approximate surface area is 156 Å². The molecule has 1 unspecified atom stereocenters. The van der Waals surface area contributed by atoms with Crippen LogP contribution >= 0.6 is 11.6 Å². The number of nitrogens with zero attached hydrogens (tertiary/aromatic N) is 2. The van der Waals surface area contributed by atoms with Gasteiger partial charge in [0.2, 0.25) is 0 Å². The molecule has 0 bridgehead atoms. The van der Waals surface area contributed by atoms with Crippen molar-refractivity contribution in [2.24, 2.45) is 0 Å². The number of hydrogen-bond donors (Lipinski definition) is 1. The van der Waals surface area contributed by atoms with Crippen molar-refractivity contribution in [1.29, 1.82) is 0 Å². The van der Waals surface area contributed by atoms with Crippen LogP contribution in [0.4, 0.5) is 10.5 Å². The fourth-order valence-electron chi connectivity index (χ4n) is 3.13. The largest absolute Gasteiger partial charge is 0.486 e. The summed E-state index contributed by atoms with van der Waals surface area (Å²) in [7, 11) is 0. The van der Waals surface area contributed by atoms with Crippen molar-refractivity contribution >= 4 is 34.2 Å². The van der Waals surface area contributed by atoms with Crippen LogP contribution in [0, 0.1) is 0 Å². The van der Waals surface area contributed by atoms with Crippen molar-refractivity contribution in [2.75, 3.05) is 18.4 Å². The molecule has 1 saturated heterocycles. The van der Waals surface area contributed by atoms with Gasteiger partial charge < -0.3 is 15.0 Å². The van der Waals surface area contributed by atoms with E-state index in [0.717, 1.165) is 23.1 Å². The van der Waals surface area contributed by atoms with E-state index in [1.165, 1.54) is 0 Å². The Kier molecular flexibility index (Phi) is 4.63. The van der Waals surface area contributed by atoms with Crippen LogP contribution in [0.25, 0.3) is 10.9 Å². The first kappa shape index (κ1) is 16.7. The fourth-order valence-corrected chi connectivity index (χ4v) is 3.32. The molecule has 1 aliphatic heterocycles. The van der Waals surface area contributed by atoms with Crippen LogP contribution in [0.3, 0.4) is 0 Å². The zero-order valence-electron chi connectivity index (χ0n) is 14.1. The van der Waals surface area contributed by atoms with Gasteiger partial charge in [0, 0.05) is 35.3 Å². The van der Waals surface area contributed by atoms with Crippen LogP contribution in [0.5, 0.6) is 5.75 Å². The molecular weight excluding hydrogens is 350 g/mol. The van der Waals surface area contributed by atoms with Gasteiger partial charge in [-0.1, -0.05) is 35.9 Å². The number of rotatable bonds is 3. The predicted molar refractivity (Wildman–Crippen MR) is 103 cm³/mol. The summed E-state index contributed by atoms with van der Waals surface area (Å²) in [4.78, 5) is 18.6. The summed E-state index contributed by atoms with van der Waals surface area (Å²) < 4.78 is 6.13. The third kappa shape index (κ3) is 3.58. The number of likely N-dealkylation sites (tertiary alicyclic amines) is 1. The Morgan fingerprint density at radius 1 is 1.19 bits per heavy atom. The van der Waals surface area contributed by atoms with E-state index in [0.29, 0.717) is 23.8 Å². The van der Waals surface area contributed by atoms with E-state index in [1.807, 2.05) is 36.4 Å². The molecule has 1 atom stereocenters. The number of benzene rings is 2. The summed E-state index contributed by atoms with van der Waals surface area (Å²) >= 11 is 5.96. The van der Waals surface area contributed by atoms with E-state index in [1.54, 1.807) is 29.3 Å². The van der Waals surface area contributed by atoms with Gasteiger partial charge in [0.05, 0.1) is 6.54 Å². The lowest BCUT2D eigenvalue weighted by Crippen LogP contribution is -2.34. The quantitative estimate of drug-likeness (QED) is 0.737. The van der Waals surface area contributed by atoms with Crippen LogP contribution in [0.1, 0.15) is 6.42 Å². The van der Waals surface area contributed by atoms with E-state index in [-0.39, 0.29) is 12.1 Å². The second-order valence-corrected chi connectivity index (χ2v) is 6.68. The molecule has 3 aromatic rings. The van der Waals surface area contributed by atoms with E-state index in [9.17, 15) is 4.79 Å². The molecule has 6 heteroatoms. The van der Waals surface area contributed by atoms with Crippen molar-refractivity contribution in [1.82, 2.24) is 9.88 Å². The number of pyridine rings is 1. The van der Waals surface area contributed by atoms with Crippen LogP contribution in [0.2, 0.25) is 5.02 Å². The first-order valence-corrected chi connectivity index (χ1v) is 8.89. The van der Waals surface area contributed by atoms with Crippen molar-refractivity contribution < 1.29 is 9.53 Å². The second-order valence-electron chi connectivity index (χ2n) is 6.25. The zero-order chi connectivity index (χ0) is 17.9.